The number of halogens is 1. The number of unbranched alkanes of at least 4 members (excludes halogenated alkanes) is 1. The van der Waals surface area contributed by atoms with Crippen molar-refractivity contribution in [3.8, 4) is 0 Å². The normalized spacial score (nSPS) is 22.6. The summed E-state index contributed by atoms with van der Waals surface area (Å²) in [5.74, 6) is -0.156. The number of nitrogens with zero attached hydrogens (tertiary/aromatic N) is 2. The molecule has 3 rings (SSSR count). The maximum Gasteiger partial charge on any atom is 0.312 e. The molecule has 2 saturated heterocycles. The molecule has 36 heavy (non-hydrogen) atoms. The molecular weight excluding hydrogens is 476 g/mol. The highest BCUT2D eigenvalue weighted by atomic mass is 35.5. The third-order valence-corrected chi connectivity index (χ3v) is 7.06. The Labute approximate surface area is 223 Å². The van der Waals surface area contributed by atoms with Gasteiger partial charge < -0.3 is 14.4 Å². The summed E-state index contributed by atoms with van der Waals surface area (Å²) in [7, 11) is 0. The van der Waals surface area contributed by atoms with Crippen molar-refractivity contribution in [2.45, 2.75) is 98.2 Å². The summed E-state index contributed by atoms with van der Waals surface area (Å²) in [6, 6.07) is 8.10. The standard InChI is InChI=1S/C23H35ClN2O2.C6H12O2/c1-3-5-11-23(10-4-2)18-21(28-22(23)27)9-12-25-13-15-26(16-14-25)20-8-6-7-19(24)17-20;1-5(7)8-6(2,3)4/h6-8,17,21H,3-5,9-16,18H2,1-2H3;1-4H3. The molecule has 0 spiro atoms. The molecule has 2 aliphatic heterocycles. The number of cyclic esters (lactones) is 1. The number of carbonyl (C=O) groups is 2. The molecule has 6 nitrogen and oxygen atoms in total. The second kappa shape index (κ2) is 14.2. The SMILES string of the molecule is CC(=O)OC(C)(C)C.CCCCC1(CCC)CC(CCN2CCN(c3cccc(Cl)c3)CC2)OC1=O. The number of anilines is 1. The first-order chi connectivity index (χ1) is 17.0. The van der Waals surface area contributed by atoms with Crippen molar-refractivity contribution >= 4 is 29.2 Å². The highest BCUT2D eigenvalue weighted by molar-refractivity contribution is 6.30. The largest absolute Gasteiger partial charge is 0.462 e. The summed E-state index contributed by atoms with van der Waals surface area (Å²) < 4.78 is 10.6. The van der Waals surface area contributed by atoms with Crippen LogP contribution < -0.4 is 4.90 Å². The predicted molar refractivity (Wildman–Crippen MR) is 148 cm³/mol. The number of ether oxygens (including phenoxy) is 2. The zero-order chi connectivity index (χ0) is 26.8. The summed E-state index contributed by atoms with van der Waals surface area (Å²) in [4.78, 5) is 27.8. The lowest BCUT2D eigenvalue weighted by atomic mass is 9.76. The monoisotopic (exact) mass is 522 g/mol. The van der Waals surface area contributed by atoms with E-state index in [0.717, 1.165) is 82.7 Å². The van der Waals surface area contributed by atoms with Gasteiger partial charge in [-0.1, -0.05) is 50.8 Å². The zero-order valence-electron chi connectivity index (χ0n) is 23.3. The summed E-state index contributed by atoms with van der Waals surface area (Å²) >= 11 is 6.13. The molecule has 1 aromatic carbocycles. The fourth-order valence-electron chi connectivity index (χ4n) is 5.19. The second-order valence-electron chi connectivity index (χ2n) is 11.2. The molecule has 0 aromatic heterocycles. The van der Waals surface area contributed by atoms with Crippen molar-refractivity contribution in [2.24, 2.45) is 5.41 Å². The Bertz CT molecular complexity index is 833. The van der Waals surface area contributed by atoms with Crippen LogP contribution in [0.15, 0.2) is 24.3 Å². The number of carbonyl (C=O) groups excluding carboxylic acids is 2. The first kappa shape index (κ1) is 30.4. The van der Waals surface area contributed by atoms with Crippen LogP contribution >= 0.6 is 11.6 Å². The lowest BCUT2D eigenvalue weighted by molar-refractivity contribution is -0.152. The summed E-state index contributed by atoms with van der Waals surface area (Å²) in [5, 5.41) is 0.793. The Hall–Kier alpha value is -1.79. The van der Waals surface area contributed by atoms with Crippen LogP contribution in [0.1, 0.15) is 86.5 Å². The zero-order valence-corrected chi connectivity index (χ0v) is 24.0. The minimum Gasteiger partial charge on any atom is -0.462 e. The number of hydrogen-bond donors (Lipinski definition) is 0. The number of esters is 2. The molecule has 2 unspecified atom stereocenters. The predicted octanol–water partition coefficient (Wildman–Crippen LogP) is 6.49. The van der Waals surface area contributed by atoms with Crippen LogP contribution in [-0.4, -0.2) is 61.3 Å². The Kier molecular flexibility index (Phi) is 12.0. The summed E-state index contributed by atoms with van der Waals surface area (Å²) in [6.07, 6.45) is 7.25. The lowest BCUT2D eigenvalue weighted by Gasteiger charge is -2.36. The average molecular weight is 523 g/mol. The minimum atomic E-state index is -0.328. The molecule has 0 radical (unpaired) electrons. The van der Waals surface area contributed by atoms with Crippen molar-refractivity contribution in [1.29, 1.82) is 0 Å². The van der Waals surface area contributed by atoms with E-state index < -0.39 is 0 Å². The van der Waals surface area contributed by atoms with Gasteiger partial charge in [-0.05, 0) is 58.2 Å². The van der Waals surface area contributed by atoms with Crippen molar-refractivity contribution in [3.05, 3.63) is 29.3 Å². The lowest BCUT2D eigenvalue weighted by Crippen LogP contribution is -2.47. The van der Waals surface area contributed by atoms with Crippen LogP contribution in [-0.2, 0) is 19.1 Å². The second-order valence-corrected chi connectivity index (χ2v) is 11.6. The maximum absolute atomic E-state index is 12.6. The Morgan fingerprint density at radius 2 is 1.83 bits per heavy atom. The van der Waals surface area contributed by atoms with E-state index in [1.807, 2.05) is 39.0 Å². The van der Waals surface area contributed by atoms with Gasteiger partial charge in [0.05, 0.1) is 5.41 Å². The Morgan fingerprint density at radius 1 is 1.14 bits per heavy atom. The molecule has 0 bridgehead atoms. The highest BCUT2D eigenvalue weighted by Crippen LogP contribution is 2.43. The van der Waals surface area contributed by atoms with Crippen molar-refractivity contribution < 1.29 is 19.1 Å². The van der Waals surface area contributed by atoms with E-state index in [-0.39, 0.29) is 29.1 Å². The van der Waals surface area contributed by atoms with E-state index in [0.29, 0.717) is 0 Å². The summed E-state index contributed by atoms with van der Waals surface area (Å²) in [5.41, 5.74) is 0.671. The molecule has 2 heterocycles. The molecule has 2 aliphatic rings. The van der Waals surface area contributed by atoms with Gasteiger partial charge in [0.25, 0.3) is 0 Å². The van der Waals surface area contributed by atoms with Crippen LogP contribution in [0, 0.1) is 5.41 Å². The van der Waals surface area contributed by atoms with Gasteiger partial charge in [0.1, 0.15) is 11.7 Å². The van der Waals surface area contributed by atoms with Gasteiger partial charge in [-0.3, -0.25) is 14.5 Å². The number of rotatable bonds is 9. The number of benzene rings is 1. The van der Waals surface area contributed by atoms with E-state index in [2.05, 4.69) is 29.7 Å². The molecular formula is C29H47ClN2O4. The first-order valence-electron chi connectivity index (χ1n) is 13.6. The van der Waals surface area contributed by atoms with E-state index in [1.165, 1.54) is 12.6 Å². The molecule has 2 atom stereocenters. The van der Waals surface area contributed by atoms with Crippen LogP contribution in [0.2, 0.25) is 5.02 Å². The van der Waals surface area contributed by atoms with E-state index in [1.54, 1.807) is 0 Å². The van der Waals surface area contributed by atoms with Gasteiger partial charge in [0, 0.05) is 56.8 Å². The van der Waals surface area contributed by atoms with Crippen molar-refractivity contribution in [3.63, 3.8) is 0 Å². The molecule has 2 fully saturated rings. The molecule has 7 heteroatoms. The Morgan fingerprint density at radius 3 is 2.36 bits per heavy atom. The van der Waals surface area contributed by atoms with Crippen LogP contribution in [0.3, 0.4) is 0 Å². The smallest absolute Gasteiger partial charge is 0.312 e. The average Bonchev–Trinajstić information content (AvgIpc) is 3.11. The van der Waals surface area contributed by atoms with Gasteiger partial charge >= 0.3 is 11.9 Å². The van der Waals surface area contributed by atoms with Gasteiger partial charge in [0.15, 0.2) is 0 Å². The molecule has 0 aliphatic carbocycles. The quantitative estimate of drug-likeness (QED) is 0.345. The third kappa shape index (κ3) is 9.93. The first-order valence-corrected chi connectivity index (χ1v) is 14.0. The highest BCUT2D eigenvalue weighted by Gasteiger charge is 2.47. The van der Waals surface area contributed by atoms with E-state index in [9.17, 15) is 9.59 Å². The van der Waals surface area contributed by atoms with Crippen LogP contribution in [0.5, 0.6) is 0 Å². The van der Waals surface area contributed by atoms with Crippen LogP contribution in [0.25, 0.3) is 0 Å². The van der Waals surface area contributed by atoms with E-state index in [4.69, 9.17) is 21.1 Å². The van der Waals surface area contributed by atoms with Gasteiger partial charge in [-0.2, -0.15) is 0 Å². The topological polar surface area (TPSA) is 59.1 Å². The van der Waals surface area contributed by atoms with Crippen molar-refractivity contribution in [2.75, 3.05) is 37.6 Å². The maximum atomic E-state index is 12.6. The minimum absolute atomic E-state index is 0.0681. The fraction of sp³-hybridized carbons (Fsp3) is 0.724. The van der Waals surface area contributed by atoms with Gasteiger partial charge in [-0.15, -0.1) is 0 Å². The molecule has 0 amide bonds. The number of piperazine rings is 1. The third-order valence-electron chi connectivity index (χ3n) is 6.83. The Balaban J connectivity index is 0.000000493. The van der Waals surface area contributed by atoms with Gasteiger partial charge in [0.2, 0.25) is 0 Å². The molecule has 204 valence electrons. The summed E-state index contributed by atoms with van der Waals surface area (Å²) in [6.45, 7) is 16.4. The fourth-order valence-corrected chi connectivity index (χ4v) is 5.37. The molecule has 0 N–H and O–H groups in total. The molecule has 0 saturated carbocycles. The van der Waals surface area contributed by atoms with Crippen LogP contribution in [0.4, 0.5) is 5.69 Å². The number of hydrogen-bond acceptors (Lipinski definition) is 6. The van der Waals surface area contributed by atoms with Gasteiger partial charge in [-0.25, -0.2) is 0 Å². The van der Waals surface area contributed by atoms with E-state index >= 15 is 0 Å². The van der Waals surface area contributed by atoms with Crippen molar-refractivity contribution in [1.82, 2.24) is 4.90 Å². The molecule has 1 aromatic rings.